The second kappa shape index (κ2) is 8.89. The Hall–Kier alpha value is -0.130. The summed E-state index contributed by atoms with van der Waals surface area (Å²) in [5.74, 6) is -0.250. The first-order chi connectivity index (χ1) is 7.94. The second-order valence-electron chi connectivity index (χ2n) is 4.74. The molecule has 0 aliphatic carbocycles. The molecule has 2 N–H and O–H groups in total. The molecule has 0 spiro atoms. The SMILES string of the molecule is CCC(C)(C)C(=O)OCC(O)CNCCCBr. The van der Waals surface area contributed by atoms with Crippen LogP contribution in [0.3, 0.4) is 0 Å². The predicted octanol–water partition coefficient (Wildman–Crippen LogP) is 1.70. The molecule has 0 saturated heterocycles. The highest BCUT2D eigenvalue weighted by Gasteiger charge is 2.27. The summed E-state index contributed by atoms with van der Waals surface area (Å²) in [5, 5.41) is 13.6. The van der Waals surface area contributed by atoms with Gasteiger partial charge in [0.2, 0.25) is 0 Å². The number of carbonyl (C=O) groups excluding carboxylic acids is 1. The quantitative estimate of drug-likeness (QED) is 0.387. The molecule has 0 aliphatic rings. The highest BCUT2D eigenvalue weighted by Crippen LogP contribution is 2.21. The molecular weight excluding hydrogens is 286 g/mol. The van der Waals surface area contributed by atoms with E-state index in [0.717, 1.165) is 24.7 Å². The highest BCUT2D eigenvalue weighted by atomic mass is 79.9. The van der Waals surface area contributed by atoms with Crippen LogP contribution in [0.5, 0.6) is 0 Å². The maximum atomic E-state index is 11.6. The Kier molecular flexibility index (Phi) is 8.82. The molecule has 1 unspecified atom stereocenters. The van der Waals surface area contributed by atoms with Crippen LogP contribution >= 0.6 is 15.9 Å². The van der Waals surface area contributed by atoms with Gasteiger partial charge in [0.05, 0.1) is 5.41 Å². The minimum Gasteiger partial charge on any atom is -0.462 e. The van der Waals surface area contributed by atoms with Gasteiger partial charge in [-0.3, -0.25) is 4.79 Å². The molecule has 0 saturated carbocycles. The van der Waals surface area contributed by atoms with Gasteiger partial charge in [0.15, 0.2) is 0 Å². The number of esters is 1. The van der Waals surface area contributed by atoms with Crippen molar-refractivity contribution in [2.24, 2.45) is 5.41 Å². The lowest BCUT2D eigenvalue weighted by Gasteiger charge is -2.21. The summed E-state index contributed by atoms with van der Waals surface area (Å²) in [6.07, 6.45) is 1.10. The minimum atomic E-state index is -0.637. The van der Waals surface area contributed by atoms with E-state index in [2.05, 4.69) is 21.2 Å². The Morgan fingerprint density at radius 2 is 2.18 bits per heavy atom. The Labute approximate surface area is 112 Å². The average Bonchev–Trinajstić information content (AvgIpc) is 2.31. The molecule has 0 radical (unpaired) electrons. The largest absolute Gasteiger partial charge is 0.462 e. The number of hydrogen-bond donors (Lipinski definition) is 2. The van der Waals surface area contributed by atoms with E-state index in [0.29, 0.717) is 6.54 Å². The van der Waals surface area contributed by atoms with Crippen molar-refractivity contribution < 1.29 is 14.6 Å². The fourth-order valence-corrected chi connectivity index (χ4v) is 1.31. The van der Waals surface area contributed by atoms with Gasteiger partial charge < -0.3 is 15.2 Å². The van der Waals surface area contributed by atoms with E-state index >= 15 is 0 Å². The lowest BCUT2D eigenvalue weighted by atomic mass is 9.91. The minimum absolute atomic E-state index is 0.0591. The van der Waals surface area contributed by atoms with Crippen LogP contribution in [0.1, 0.15) is 33.6 Å². The number of alkyl halides is 1. The molecule has 17 heavy (non-hydrogen) atoms. The molecule has 0 aromatic carbocycles. The van der Waals surface area contributed by atoms with Crippen molar-refractivity contribution in [3.8, 4) is 0 Å². The van der Waals surface area contributed by atoms with Crippen molar-refractivity contribution >= 4 is 21.9 Å². The number of halogens is 1. The number of rotatable bonds is 9. The molecule has 4 nitrogen and oxygen atoms in total. The second-order valence-corrected chi connectivity index (χ2v) is 5.53. The van der Waals surface area contributed by atoms with Gasteiger partial charge in [-0.1, -0.05) is 22.9 Å². The summed E-state index contributed by atoms with van der Waals surface area (Å²) in [6, 6.07) is 0. The van der Waals surface area contributed by atoms with Gasteiger partial charge in [0.25, 0.3) is 0 Å². The summed E-state index contributed by atoms with van der Waals surface area (Å²) < 4.78 is 5.08. The smallest absolute Gasteiger partial charge is 0.311 e. The monoisotopic (exact) mass is 309 g/mol. The van der Waals surface area contributed by atoms with Crippen molar-refractivity contribution in [3.63, 3.8) is 0 Å². The lowest BCUT2D eigenvalue weighted by Crippen LogP contribution is -2.34. The van der Waals surface area contributed by atoms with E-state index in [-0.39, 0.29) is 12.6 Å². The van der Waals surface area contributed by atoms with Crippen molar-refractivity contribution in [1.82, 2.24) is 5.32 Å². The number of carbonyl (C=O) groups is 1. The first-order valence-electron chi connectivity index (χ1n) is 6.06. The molecule has 0 amide bonds. The molecule has 0 aromatic rings. The normalized spacial score (nSPS) is 13.5. The van der Waals surface area contributed by atoms with E-state index in [4.69, 9.17) is 4.74 Å². The average molecular weight is 310 g/mol. The van der Waals surface area contributed by atoms with E-state index in [1.807, 2.05) is 20.8 Å². The first-order valence-corrected chi connectivity index (χ1v) is 7.18. The maximum Gasteiger partial charge on any atom is 0.311 e. The van der Waals surface area contributed by atoms with Crippen molar-refractivity contribution in [1.29, 1.82) is 0 Å². The Balaban J connectivity index is 3.69. The molecule has 5 heteroatoms. The van der Waals surface area contributed by atoms with Gasteiger partial charge in [-0.15, -0.1) is 0 Å². The molecule has 0 aliphatic heterocycles. The van der Waals surface area contributed by atoms with Crippen LogP contribution in [0.4, 0.5) is 0 Å². The van der Waals surface area contributed by atoms with Crippen molar-refractivity contribution in [3.05, 3.63) is 0 Å². The summed E-state index contributed by atoms with van der Waals surface area (Å²) in [4.78, 5) is 11.6. The zero-order valence-electron chi connectivity index (χ0n) is 11.0. The van der Waals surface area contributed by atoms with Crippen LogP contribution in [0.2, 0.25) is 0 Å². The topological polar surface area (TPSA) is 58.6 Å². The molecule has 0 aromatic heterocycles. The predicted molar refractivity (Wildman–Crippen MR) is 72.3 cm³/mol. The maximum absolute atomic E-state index is 11.6. The summed E-state index contributed by atoms with van der Waals surface area (Å²) in [6.45, 7) is 6.98. The van der Waals surface area contributed by atoms with E-state index < -0.39 is 11.5 Å². The number of aliphatic hydroxyl groups excluding tert-OH is 1. The first kappa shape index (κ1) is 16.9. The zero-order chi connectivity index (χ0) is 13.3. The Bertz CT molecular complexity index is 222. The van der Waals surface area contributed by atoms with Gasteiger partial charge in [-0.25, -0.2) is 0 Å². The zero-order valence-corrected chi connectivity index (χ0v) is 12.5. The standard InChI is InChI=1S/C12H24BrNO3/c1-4-12(2,3)11(16)17-9-10(15)8-14-7-5-6-13/h10,14-15H,4-9H2,1-3H3. The number of nitrogens with one attached hydrogen (secondary N) is 1. The molecule has 0 heterocycles. The molecule has 1 atom stereocenters. The highest BCUT2D eigenvalue weighted by molar-refractivity contribution is 9.09. The molecule has 102 valence electrons. The lowest BCUT2D eigenvalue weighted by molar-refractivity contribution is -0.157. The summed E-state index contributed by atoms with van der Waals surface area (Å²) >= 11 is 3.32. The Morgan fingerprint density at radius 1 is 1.53 bits per heavy atom. The van der Waals surface area contributed by atoms with E-state index in [1.165, 1.54) is 0 Å². The third kappa shape index (κ3) is 7.73. The molecular formula is C12H24BrNO3. The van der Waals surface area contributed by atoms with Crippen molar-refractivity contribution in [2.75, 3.05) is 25.0 Å². The van der Waals surface area contributed by atoms with Gasteiger partial charge in [0.1, 0.15) is 12.7 Å². The van der Waals surface area contributed by atoms with Crippen molar-refractivity contribution in [2.45, 2.75) is 39.7 Å². The van der Waals surface area contributed by atoms with Gasteiger partial charge in [-0.05, 0) is 33.2 Å². The fourth-order valence-electron chi connectivity index (χ4n) is 1.03. The number of ether oxygens (including phenoxy) is 1. The van der Waals surface area contributed by atoms with Crippen LogP contribution in [-0.4, -0.2) is 42.2 Å². The van der Waals surface area contributed by atoms with E-state index in [1.54, 1.807) is 0 Å². The third-order valence-electron chi connectivity index (χ3n) is 2.71. The summed E-state index contributed by atoms with van der Waals surface area (Å²) in [7, 11) is 0. The van der Waals surface area contributed by atoms with Crippen LogP contribution in [0.25, 0.3) is 0 Å². The van der Waals surface area contributed by atoms with Gasteiger partial charge in [0, 0.05) is 11.9 Å². The fraction of sp³-hybridized carbons (Fsp3) is 0.917. The van der Waals surface area contributed by atoms with Gasteiger partial charge >= 0.3 is 5.97 Å². The van der Waals surface area contributed by atoms with Crippen LogP contribution in [-0.2, 0) is 9.53 Å². The van der Waals surface area contributed by atoms with Gasteiger partial charge in [-0.2, -0.15) is 0 Å². The molecule has 0 rings (SSSR count). The Morgan fingerprint density at radius 3 is 2.71 bits per heavy atom. The van der Waals surface area contributed by atoms with E-state index in [9.17, 15) is 9.90 Å². The summed E-state index contributed by atoms with van der Waals surface area (Å²) in [5.41, 5.74) is -0.469. The molecule has 0 bridgehead atoms. The number of hydrogen-bond acceptors (Lipinski definition) is 4. The number of aliphatic hydroxyl groups is 1. The van der Waals surface area contributed by atoms with Crippen LogP contribution in [0, 0.1) is 5.41 Å². The molecule has 0 fully saturated rings. The van der Waals surface area contributed by atoms with Crippen LogP contribution in [0.15, 0.2) is 0 Å². The van der Waals surface area contributed by atoms with Crippen LogP contribution < -0.4 is 5.32 Å². The third-order valence-corrected chi connectivity index (χ3v) is 3.27.